The first-order chi connectivity index (χ1) is 14.2. The van der Waals surface area contributed by atoms with Gasteiger partial charge in [-0.15, -0.1) is 5.10 Å². The Morgan fingerprint density at radius 3 is 2.40 bits per heavy atom. The third-order valence-electron chi connectivity index (χ3n) is 4.23. The zero-order chi connectivity index (χ0) is 21.6. The highest BCUT2D eigenvalue weighted by Gasteiger charge is 2.38. The summed E-state index contributed by atoms with van der Waals surface area (Å²) in [6.07, 6.45) is -3.90. The average molecular weight is 535 g/mol. The molecule has 6 nitrogen and oxygen atoms in total. The van der Waals surface area contributed by atoms with Gasteiger partial charge in [0.1, 0.15) is 20.8 Å². The lowest BCUT2D eigenvalue weighted by Crippen LogP contribution is -2.09. The first-order valence-corrected chi connectivity index (χ1v) is 9.43. The molecular weight excluding hydrogens is 524 g/mol. The number of pyridine rings is 1. The van der Waals surface area contributed by atoms with Crippen molar-refractivity contribution in [3.63, 3.8) is 0 Å². The molecule has 0 saturated heterocycles. The zero-order valence-electron chi connectivity index (χ0n) is 15.1. The van der Waals surface area contributed by atoms with Gasteiger partial charge < -0.3 is 4.74 Å². The molecule has 12 heteroatoms. The second-order valence-electron chi connectivity index (χ2n) is 6.21. The van der Waals surface area contributed by atoms with Crippen molar-refractivity contribution in [2.75, 3.05) is 7.11 Å². The van der Waals surface area contributed by atoms with Crippen LogP contribution in [0.4, 0.5) is 22.0 Å². The fraction of sp³-hybridized carbons (Fsp3) is 0.167. The number of methoxy groups -OCH3 is 1. The van der Waals surface area contributed by atoms with Gasteiger partial charge in [-0.05, 0) is 40.3 Å². The Morgan fingerprint density at radius 1 is 1.07 bits per heavy atom. The van der Waals surface area contributed by atoms with Crippen molar-refractivity contribution in [1.29, 1.82) is 0 Å². The molecule has 0 amide bonds. The SMILES string of the molecule is COc1ccc(Cn2nc(C(F)(F)F)nc2-c2nc3cc(F)c(F)cn3c2I)cc1. The molecule has 0 bridgehead atoms. The number of halogens is 6. The molecular formula is C18H11F5IN5O. The van der Waals surface area contributed by atoms with Crippen LogP contribution in [0.2, 0.25) is 0 Å². The minimum Gasteiger partial charge on any atom is -0.497 e. The summed E-state index contributed by atoms with van der Waals surface area (Å²) in [5.41, 5.74) is 0.699. The summed E-state index contributed by atoms with van der Waals surface area (Å²) in [5.74, 6) is -3.15. The smallest absolute Gasteiger partial charge is 0.453 e. The highest BCUT2D eigenvalue weighted by atomic mass is 127. The Labute approximate surface area is 179 Å². The van der Waals surface area contributed by atoms with Gasteiger partial charge >= 0.3 is 6.18 Å². The van der Waals surface area contributed by atoms with Gasteiger partial charge in [0, 0.05) is 6.07 Å². The molecule has 0 aliphatic heterocycles. The second-order valence-corrected chi connectivity index (χ2v) is 7.23. The molecule has 3 heterocycles. The lowest BCUT2D eigenvalue weighted by Gasteiger charge is -2.06. The molecule has 3 aromatic heterocycles. The van der Waals surface area contributed by atoms with Gasteiger partial charge in [-0.1, -0.05) is 12.1 Å². The van der Waals surface area contributed by atoms with E-state index < -0.39 is 23.6 Å². The van der Waals surface area contributed by atoms with Gasteiger partial charge in [0.05, 0.1) is 19.9 Å². The number of ether oxygens (including phenoxy) is 1. The lowest BCUT2D eigenvalue weighted by molar-refractivity contribution is -0.144. The molecule has 0 spiro atoms. The maximum Gasteiger partial charge on any atom is 0.453 e. The molecule has 4 rings (SSSR count). The van der Waals surface area contributed by atoms with E-state index in [1.54, 1.807) is 46.9 Å². The maximum absolute atomic E-state index is 13.6. The molecule has 0 atom stereocenters. The third kappa shape index (κ3) is 3.70. The molecule has 0 radical (unpaired) electrons. The molecule has 0 aliphatic rings. The van der Waals surface area contributed by atoms with Crippen LogP contribution in [0.25, 0.3) is 17.2 Å². The summed E-state index contributed by atoms with van der Waals surface area (Å²) in [4.78, 5) is 7.76. The van der Waals surface area contributed by atoms with E-state index in [0.717, 1.165) is 16.9 Å². The van der Waals surface area contributed by atoms with E-state index in [0.29, 0.717) is 11.3 Å². The van der Waals surface area contributed by atoms with Crippen molar-refractivity contribution in [1.82, 2.24) is 24.1 Å². The fourth-order valence-corrected chi connectivity index (χ4v) is 3.55. The molecule has 0 unspecified atom stereocenters. The number of benzene rings is 1. The summed E-state index contributed by atoms with van der Waals surface area (Å²) >= 11 is 1.79. The normalized spacial score (nSPS) is 12.0. The van der Waals surface area contributed by atoms with Crippen LogP contribution in [-0.2, 0) is 12.7 Å². The molecule has 0 aliphatic carbocycles. The van der Waals surface area contributed by atoms with E-state index in [2.05, 4.69) is 15.1 Å². The minimum absolute atomic E-state index is 0.0251. The van der Waals surface area contributed by atoms with Crippen molar-refractivity contribution in [3.8, 4) is 17.3 Å². The minimum atomic E-state index is -4.78. The Hall–Kier alpha value is -2.77. The third-order valence-corrected chi connectivity index (χ3v) is 5.27. The first-order valence-electron chi connectivity index (χ1n) is 8.35. The van der Waals surface area contributed by atoms with Gasteiger partial charge in [0.15, 0.2) is 17.5 Å². The van der Waals surface area contributed by atoms with Gasteiger partial charge in [-0.2, -0.15) is 13.2 Å². The number of imidazole rings is 1. The van der Waals surface area contributed by atoms with E-state index in [9.17, 15) is 22.0 Å². The number of hydrogen-bond donors (Lipinski definition) is 0. The highest BCUT2D eigenvalue weighted by molar-refractivity contribution is 14.1. The number of fused-ring (bicyclic) bond motifs is 1. The number of nitrogens with zero attached hydrogens (tertiary/aromatic N) is 5. The van der Waals surface area contributed by atoms with Crippen LogP contribution in [0.5, 0.6) is 5.75 Å². The number of rotatable bonds is 4. The van der Waals surface area contributed by atoms with Gasteiger partial charge in [-0.25, -0.2) is 23.4 Å². The zero-order valence-corrected chi connectivity index (χ0v) is 17.2. The van der Waals surface area contributed by atoms with Crippen molar-refractivity contribution < 1.29 is 26.7 Å². The second kappa shape index (κ2) is 7.49. The number of alkyl halides is 3. The molecule has 0 N–H and O–H groups in total. The van der Waals surface area contributed by atoms with E-state index in [4.69, 9.17) is 4.74 Å². The monoisotopic (exact) mass is 535 g/mol. The van der Waals surface area contributed by atoms with E-state index in [-0.39, 0.29) is 27.4 Å². The van der Waals surface area contributed by atoms with Crippen LogP contribution in [-0.4, -0.2) is 31.3 Å². The Bertz CT molecular complexity index is 1230. The largest absolute Gasteiger partial charge is 0.497 e. The average Bonchev–Trinajstić information content (AvgIpc) is 3.24. The molecule has 0 fully saturated rings. The molecule has 1 aromatic carbocycles. The van der Waals surface area contributed by atoms with Gasteiger partial charge in [-0.3, -0.25) is 4.40 Å². The van der Waals surface area contributed by atoms with Crippen LogP contribution in [0.3, 0.4) is 0 Å². The van der Waals surface area contributed by atoms with Gasteiger partial charge in [0.2, 0.25) is 0 Å². The molecule has 30 heavy (non-hydrogen) atoms. The van der Waals surface area contributed by atoms with Crippen LogP contribution < -0.4 is 4.74 Å². The summed E-state index contributed by atoms with van der Waals surface area (Å²) in [5, 5.41) is 3.59. The van der Waals surface area contributed by atoms with Gasteiger partial charge in [0.25, 0.3) is 5.82 Å². The van der Waals surface area contributed by atoms with Crippen LogP contribution >= 0.6 is 22.6 Å². The van der Waals surface area contributed by atoms with E-state index in [1.807, 2.05) is 0 Å². The van der Waals surface area contributed by atoms with E-state index >= 15 is 0 Å². The molecule has 0 saturated carbocycles. The summed E-state index contributed by atoms with van der Waals surface area (Å²) in [6.45, 7) is -0.0327. The Balaban J connectivity index is 1.85. The van der Waals surface area contributed by atoms with Crippen LogP contribution in [0.1, 0.15) is 11.4 Å². The molecule has 156 valence electrons. The summed E-state index contributed by atoms with van der Waals surface area (Å²) < 4.78 is 74.6. The van der Waals surface area contributed by atoms with Crippen molar-refractivity contribution in [3.05, 3.63) is 63.3 Å². The summed E-state index contributed by atoms with van der Waals surface area (Å²) in [6, 6.07) is 7.54. The van der Waals surface area contributed by atoms with Crippen LogP contribution in [0, 0.1) is 15.3 Å². The van der Waals surface area contributed by atoms with Crippen molar-refractivity contribution in [2.24, 2.45) is 0 Å². The number of hydrogen-bond acceptors (Lipinski definition) is 4. The topological polar surface area (TPSA) is 57.2 Å². The fourth-order valence-electron chi connectivity index (χ4n) is 2.80. The number of aromatic nitrogens is 5. The Kier molecular flexibility index (Phi) is 5.11. The molecule has 4 aromatic rings. The maximum atomic E-state index is 13.6. The van der Waals surface area contributed by atoms with Crippen molar-refractivity contribution in [2.45, 2.75) is 12.7 Å². The summed E-state index contributed by atoms with van der Waals surface area (Å²) in [7, 11) is 1.50. The van der Waals surface area contributed by atoms with E-state index in [1.165, 1.54) is 11.5 Å². The Morgan fingerprint density at radius 2 is 1.77 bits per heavy atom. The standard InChI is InChI=1S/C18H11F5IN5O/c1-30-10-4-2-9(3-5-10)7-29-16(26-17(27-29)18(21,22)23)14-15(24)28-8-12(20)11(19)6-13(28)25-14/h2-6,8H,7H2,1H3. The lowest BCUT2D eigenvalue weighted by atomic mass is 10.2. The first kappa shape index (κ1) is 20.5. The predicted octanol–water partition coefficient (Wildman–Crippen LogP) is 4.55. The highest BCUT2D eigenvalue weighted by Crippen LogP contribution is 2.31. The van der Waals surface area contributed by atoms with Crippen LogP contribution in [0.15, 0.2) is 36.5 Å². The quantitative estimate of drug-likeness (QED) is 0.285. The predicted molar refractivity (Wildman–Crippen MR) is 104 cm³/mol. The van der Waals surface area contributed by atoms with Crippen molar-refractivity contribution >= 4 is 28.2 Å².